The highest BCUT2D eigenvalue weighted by Gasteiger charge is 2.13. The minimum Gasteiger partial charge on any atom is -0.368 e. The molecule has 88 valence electrons. The number of carbonyl (C=O) groups is 2. The van der Waals surface area contributed by atoms with E-state index in [0.29, 0.717) is 11.5 Å². The zero-order valence-electron chi connectivity index (χ0n) is 8.86. The standard InChI is InChI=1S/C8H17N3O2S2/c1-5(12)7(11-2)4-15-14-3-6(9)8(10)13/h6-7,11H,3-4,9H2,1-2H3,(H2,10,13)/t6-,7-/m0/s1. The van der Waals surface area contributed by atoms with Crippen molar-refractivity contribution in [2.45, 2.75) is 19.0 Å². The fraction of sp³-hybridized carbons (Fsp3) is 0.750. The lowest BCUT2D eigenvalue weighted by molar-refractivity contribution is -0.119. The predicted octanol–water partition coefficient (Wildman–Crippen LogP) is -0.643. The molecule has 7 heteroatoms. The van der Waals surface area contributed by atoms with E-state index in [1.807, 2.05) is 0 Å². The van der Waals surface area contributed by atoms with Gasteiger partial charge in [0.05, 0.1) is 12.1 Å². The number of nitrogens with one attached hydrogen (secondary N) is 1. The van der Waals surface area contributed by atoms with Crippen molar-refractivity contribution in [2.75, 3.05) is 18.6 Å². The van der Waals surface area contributed by atoms with Crippen LogP contribution in [-0.2, 0) is 9.59 Å². The van der Waals surface area contributed by atoms with Crippen LogP contribution in [0.3, 0.4) is 0 Å². The van der Waals surface area contributed by atoms with E-state index in [4.69, 9.17) is 11.5 Å². The van der Waals surface area contributed by atoms with E-state index in [2.05, 4.69) is 5.32 Å². The van der Waals surface area contributed by atoms with Crippen molar-refractivity contribution in [1.82, 2.24) is 5.32 Å². The van der Waals surface area contributed by atoms with Gasteiger partial charge in [-0.25, -0.2) is 0 Å². The summed E-state index contributed by atoms with van der Waals surface area (Å²) < 4.78 is 0. The number of Topliss-reactive ketones (excluding diaryl/α,β-unsaturated/α-hetero) is 1. The van der Waals surface area contributed by atoms with Crippen LogP contribution in [0.25, 0.3) is 0 Å². The largest absolute Gasteiger partial charge is 0.368 e. The summed E-state index contributed by atoms with van der Waals surface area (Å²) >= 11 is 0. The lowest BCUT2D eigenvalue weighted by atomic mass is 10.2. The molecule has 0 rings (SSSR count). The van der Waals surface area contributed by atoms with Crippen molar-refractivity contribution < 1.29 is 9.59 Å². The van der Waals surface area contributed by atoms with Gasteiger partial charge in [0.2, 0.25) is 5.91 Å². The molecule has 0 saturated heterocycles. The van der Waals surface area contributed by atoms with Crippen LogP contribution in [0.1, 0.15) is 6.92 Å². The molecule has 0 fully saturated rings. The summed E-state index contributed by atoms with van der Waals surface area (Å²) in [6, 6.07) is -0.764. The molecule has 0 radical (unpaired) electrons. The molecule has 0 unspecified atom stereocenters. The molecule has 0 spiro atoms. The molecule has 2 atom stereocenters. The number of primary amides is 1. The van der Waals surface area contributed by atoms with E-state index >= 15 is 0 Å². The van der Waals surface area contributed by atoms with Gasteiger partial charge in [0, 0.05) is 11.5 Å². The third-order valence-electron chi connectivity index (χ3n) is 1.77. The second kappa shape index (κ2) is 7.98. The first kappa shape index (κ1) is 14.8. The van der Waals surface area contributed by atoms with Crippen molar-refractivity contribution in [3.8, 4) is 0 Å². The van der Waals surface area contributed by atoms with Gasteiger partial charge >= 0.3 is 0 Å². The Morgan fingerprint density at radius 1 is 1.33 bits per heavy atom. The van der Waals surface area contributed by atoms with Crippen LogP contribution >= 0.6 is 21.6 Å². The van der Waals surface area contributed by atoms with Gasteiger partial charge in [-0.15, -0.1) is 0 Å². The van der Waals surface area contributed by atoms with Gasteiger partial charge in [-0.3, -0.25) is 9.59 Å². The number of hydrogen-bond acceptors (Lipinski definition) is 6. The fourth-order valence-corrected chi connectivity index (χ4v) is 3.19. The Hall–Kier alpha value is -0.240. The van der Waals surface area contributed by atoms with Crippen LogP contribution in [0, 0.1) is 0 Å². The zero-order valence-corrected chi connectivity index (χ0v) is 10.5. The molecule has 0 aromatic carbocycles. The van der Waals surface area contributed by atoms with Crippen LogP contribution in [0.15, 0.2) is 0 Å². The molecule has 15 heavy (non-hydrogen) atoms. The molecule has 0 aliphatic rings. The predicted molar refractivity (Wildman–Crippen MR) is 65.6 cm³/mol. The van der Waals surface area contributed by atoms with E-state index in [-0.39, 0.29) is 11.8 Å². The number of rotatable bonds is 8. The second-order valence-electron chi connectivity index (χ2n) is 3.03. The Balaban J connectivity index is 3.61. The quantitative estimate of drug-likeness (QED) is 0.392. The summed E-state index contributed by atoms with van der Waals surface area (Å²) in [5, 5.41) is 2.91. The maximum Gasteiger partial charge on any atom is 0.235 e. The Morgan fingerprint density at radius 2 is 1.87 bits per heavy atom. The molecule has 0 heterocycles. The van der Waals surface area contributed by atoms with Gasteiger partial charge < -0.3 is 16.8 Å². The molecule has 0 aliphatic carbocycles. The number of likely N-dealkylation sites (N-methyl/N-ethyl adjacent to an activating group) is 1. The van der Waals surface area contributed by atoms with E-state index in [1.165, 1.54) is 21.6 Å². The highest BCUT2D eigenvalue weighted by Crippen LogP contribution is 2.22. The number of hydrogen-bond donors (Lipinski definition) is 3. The molecule has 0 aromatic rings. The van der Waals surface area contributed by atoms with Crippen molar-refractivity contribution in [2.24, 2.45) is 11.5 Å². The van der Waals surface area contributed by atoms with E-state index in [1.54, 1.807) is 14.0 Å². The van der Waals surface area contributed by atoms with Crippen LogP contribution in [-0.4, -0.2) is 42.3 Å². The van der Waals surface area contributed by atoms with Gasteiger partial charge in [-0.2, -0.15) is 0 Å². The summed E-state index contributed by atoms with van der Waals surface area (Å²) in [5.74, 6) is 0.723. The monoisotopic (exact) mass is 251 g/mol. The van der Waals surface area contributed by atoms with Gasteiger partial charge in [0.1, 0.15) is 5.78 Å². The molecule has 5 N–H and O–H groups in total. The normalized spacial score (nSPS) is 14.6. The number of carbonyl (C=O) groups excluding carboxylic acids is 2. The summed E-state index contributed by atoms with van der Waals surface area (Å²) in [6.07, 6.45) is 0. The van der Waals surface area contributed by atoms with Crippen molar-refractivity contribution >= 4 is 33.3 Å². The van der Waals surface area contributed by atoms with Crippen molar-refractivity contribution in [1.29, 1.82) is 0 Å². The summed E-state index contributed by atoms with van der Waals surface area (Å²) in [4.78, 5) is 21.6. The smallest absolute Gasteiger partial charge is 0.235 e. The first-order valence-corrected chi connectivity index (χ1v) is 6.94. The Morgan fingerprint density at radius 3 is 2.27 bits per heavy atom. The zero-order chi connectivity index (χ0) is 11.8. The van der Waals surface area contributed by atoms with Crippen LogP contribution < -0.4 is 16.8 Å². The van der Waals surface area contributed by atoms with Crippen molar-refractivity contribution in [3.63, 3.8) is 0 Å². The van der Waals surface area contributed by atoms with Gasteiger partial charge in [-0.05, 0) is 14.0 Å². The van der Waals surface area contributed by atoms with E-state index in [0.717, 1.165) is 0 Å². The van der Waals surface area contributed by atoms with E-state index < -0.39 is 11.9 Å². The number of amides is 1. The SMILES string of the molecule is CN[C@@H](CSSC[C@H](N)C(N)=O)C(C)=O. The maximum atomic E-state index is 11.0. The third-order valence-corrected chi connectivity index (χ3v) is 4.22. The molecule has 0 aliphatic heterocycles. The van der Waals surface area contributed by atoms with Crippen LogP contribution in [0.4, 0.5) is 0 Å². The maximum absolute atomic E-state index is 11.0. The molecular weight excluding hydrogens is 234 g/mol. The molecule has 0 saturated carbocycles. The van der Waals surface area contributed by atoms with Gasteiger partial charge in [0.25, 0.3) is 0 Å². The van der Waals surface area contributed by atoms with Crippen molar-refractivity contribution in [3.05, 3.63) is 0 Å². The Labute approximate surface area is 97.5 Å². The Bertz CT molecular complexity index is 226. The van der Waals surface area contributed by atoms with E-state index in [9.17, 15) is 9.59 Å². The third kappa shape index (κ3) is 6.77. The average Bonchev–Trinajstić information content (AvgIpc) is 2.16. The molecule has 0 bridgehead atoms. The topological polar surface area (TPSA) is 98.2 Å². The summed E-state index contributed by atoms with van der Waals surface area (Å²) in [5.41, 5.74) is 10.4. The average molecular weight is 251 g/mol. The van der Waals surface area contributed by atoms with Crippen LogP contribution in [0.2, 0.25) is 0 Å². The van der Waals surface area contributed by atoms with Crippen LogP contribution in [0.5, 0.6) is 0 Å². The highest BCUT2D eigenvalue weighted by molar-refractivity contribution is 8.76. The lowest BCUT2D eigenvalue weighted by Crippen LogP contribution is -2.38. The lowest BCUT2D eigenvalue weighted by Gasteiger charge is -2.12. The minimum absolute atomic E-state index is 0.102. The van der Waals surface area contributed by atoms with Gasteiger partial charge in [0.15, 0.2) is 0 Å². The Kier molecular flexibility index (Phi) is 7.85. The highest BCUT2D eigenvalue weighted by atomic mass is 33.1. The summed E-state index contributed by atoms with van der Waals surface area (Å²) in [6.45, 7) is 1.54. The molecular formula is C8H17N3O2S2. The minimum atomic E-state index is -0.618. The first-order chi connectivity index (χ1) is 6.99. The first-order valence-electron chi connectivity index (χ1n) is 4.46. The second-order valence-corrected chi connectivity index (χ2v) is 5.58. The molecule has 1 amide bonds. The number of ketones is 1. The summed E-state index contributed by atoms with van der Waals surface area (Å²) in [7, 11) is 4.70. The number of nitrogens with two attached hydrogens (primary N) is 2. The fourth-order valence-electron chi connectivity index (χ4n) is 0.724. The van der Waals surface area contributed by atoms with Gasteiger partial charge in [-0.1, -0.05) is 21.6 Å². The molecule has 0 aromatic heterocycles. The molecule has 5 nitrogen and oxygen atoms in total.